The van der Waals surface area contributed by atoms with E-state index in [0.717, 1.165) is 89.3 Å². The van der Waals surface area contributed by atoms with E-state index in [1.54, 1.807) is 33.6 Å². The van der Waals surface area contributed by atoms with Crippen LogP contribution < -0.4 is 5.32 Å². The van der Waals surface area contributed by atoms with Crippen LogP contribution in [0.4, 0.5) is 0 Å². The topological polar surface area (TPSA) is 158 Å². The molecule has 4 atom stereocenters. The van der Waals surface area contributed by atoms with Gasteiger partial charge in [-0.3, -0.25) is 9.59 Å². The third-order valence-electron chi connectivity index (χ3n) is 14.5. The van der Waals surface area contributed by atoms with E-state index in [4.69, 9.17) is 4.52 Å². The summed E-state index contributed by atoms with van der Waals surface area (Å²) in [4.78, 5) is 40.2. The number of para-hydroxylation sites is 1. The quantitative estimate of drug-likeness (QED) is 0.109. The fourth-order valence-electron chi connectivity index (χ4n) is 11.3. The van der Waals surface area contributed by atoms with Crippen LogP contribution >= 0.6 is 22.7 Å². The number of fused-ring (bicyclic) bond motifs is 1. The molecule has 5 fully saturated rings. The van der Waals surface area contributed by atoms with Crippen LogP contribution in [0.1, 0.15) is 110 Å². The van der Waals surface area contributed by atoms with Crippen LogP contribution in [0.2, 0.25) is 0 Å². The number of nitrogens with one attached hydrogen (secondary N) is 1. The number of phenols is 1. The molecular formula is C49H55N7O5S2. The smallest absolute Gasteiger partial charge is 0.243 e. The van der Waals surface area contributed by atoms with E-state index in [1.807, 2.05) is 81.7 Å². The number of aliphatic hydroxyl groups is 1. The molecule has 6 heterocycles. The van der Waals surface area contributed by atoms with Gasteiger partial charge in [-0.25, -0.2) is 4.98 Å². The molecule has 6 aromatic rings. The Morgan fingerprint density at radius 2 is 1.75 bits per heavy atom. The van der Waals surface area contributed by atoms with Gasteiger partial charge < -0.3 is 29.9 Å². The Kier molecular flexibility index (Phi) is 10.8. The number of amides is 2. The van der Waals surface area contributed by atoms with E-state index in [0.29, 0.717) is 28.4 Å². The maximum absolute atomic E-state index is 14.4. The molecule has 3 aliphatic carbocycles. The second kappa shape index (κ2) is 16.2. The van der Waals surface area contributed by atoms with Gasteiger partial charge in [0.2, 0.25) is 11.8 Å². The van der Waals surface area contributed by atoms with E-state index in [2.05, 4.69) is 43.5 Å². The first kappa shape index (κ1) is 42.0. The lowest BCUT2D eigenvalue weighted by Crippen LogP contribution is -2.68. The Hall–Kier alpha value is -5.02. The average molecular weight is 886 g/mol. The van der Waals surface area contributed by atoms with Crippen LogP contribution in [0.5, 0.6) is 5.75 Å². The first-order valence-electron chi connectivity index (χ1n) is 22.3. The zero-order valence-corrected chi connectivity index (χ0v) is 38.1. The number of phenolic OH excluding ortho intramolecular Hbond substituents is 1. The predicted octanol–water partition coefficient (Wildman–Crippen LogP) is 8.67. The van der Waals surface area contributed by atoms with Gasteiger partial charge in [-0.2, -0.15) is 0 Å². The summed E-state index contributed by atoms with van der Waals surface area (Å²) in [5, 5.41) is 39.0. The second-order valence-corrected chi connectivity index (χ2v) is 21.2. The number of piperidine rings is 1. The minimum atomic E-state index is -0.789. The van der Waals surface area contributed by atoms with Crippen molar-refractivity contribution in [2.45, 2.75) is 109 Å². The van der Waals surface area contributed by atoms with Gasteiger partial charge in [-0.05, 0) is 118 Å². The highest BCUT2D eigenvalue weighted by Gasteiger charge is 2.69. The highest BCUT2D eigenvalue weighted by Crippen LogP contribution is 2.73. The Morgan fingerprint density at radius 1 is 1.00 bits per heavy atom. The molecule has 2 bridgehead atoms. The number of benzene rings is 2. The van der Waals surface area contributed by atoms with Crippen molar-refractivity contribution in [3.8, 4) is 27.4 Å². The normalized spacial score (nSPS) is 24.7. The van der Waals surface area contributed by atoms with Crippen LogP contribution in [0, 0.1) is 25.2 Å². The lowest BCUT2D eigenvalue weighted by molar-refractivity contribution is -0.160. The molecule has 2 amide bonds. The Balaban J connectivity index is 0.743. The lowest BCUT2D eigenvalue weighted by Gasteiger charge is -2.71. The number of rotatable bonds is 12. The van der Waals surface area contributed by atoms with Gasteiger partial charge in [0.25, 0.3) is 0 Å². The minimum Gasteiger partial charge on any atom is -0.507 e. The largest absolute Gasteiger partial charge is 0.507 e. The summed E-state index contributed by atoms with van der Waals surface area (Å²) >= 11 is 3.37. The molecule has 3 saturated carbocycles. The molecular weight excluding hydrogens is 831 g/mol. The molecule has 0 spiro atoms. The number of thiophene rings is 1. The average Bonchev–Trinajstić information content (AvgIpc) is 4.06. The maximum atomic E-state index is 14.4. The number of thiazole rings is 1. The van der Waals surface area contributed by atoms with Crippen molar-refractivity contribution < 1.29 is 24.3 Å². The molecule has 3 N–H and O–H groups in total. The fourth-order valence-corrected chi connectivity index (χ4v) is 13.4. The number of nitrogens with zero attached hydrogens (tertiary/aromatic N) is 6. The molecule has 0 radical (unpaired) electrons. The van der Waals surface area contributed by atoms with Crippen molar-refractivity contribution in [1.82, 2.24) is 35.5 Å². The van der Waals surface area contributed by atoms with Crippen molar-refractivity contribution >= 4 is 44.7 Å². The molecule has 5 aliphatic rings. The maximum Gasteiger partial charge on any atom is 0.243 e. The summed E-state index contributed by atoms with van der Waals surface area (Å²) in [5.74, 6) is 0.0333. The number of carbonyl (C=O) groups excluding carboxylic acids is 2. The van der Waals surface area contributed by atoms with Crippen molar-refractivity contribution in [2.75, 3.05) is 26.2 Å². The van der Waals surface area contributed by atoms with Gasteiger partial charge in [0, 0.05) is 46.8 Å². The molecule has 63 heavy (non-hydrogen) atoms. The van der Waals surface area contributed by atoms with Crippen molar-refractivity contribution in [3.05, 3.63) is 99.3 Å². The van der Waals surface area contributed by atoms with Crippen molar-refractivity contribution in [2.24, 2.45) is 11.3 Å². The Labute approximate surface area is 375 Å². The zero-order valence-electron chi connectivity index (χ0n) is 36.5. The van der Waals surface area contributed by atoms with Gasteiger partial charge in [0.1, 0.15) is 28.3 Å². The summed E-state index contributed by atoms with van der Waals surface area (Å²) < 4.78 is 6.01. The number of aromatic hydroxyl groups is 1. The molecule has 2 aliphatic heterocycles. The van der Waals surface area contributed by atoms with Crippen LogP contribution in [0.3, 0.4) is 0 Å². The van der Waals surface area contributed by atoms with Crippen LogP contribution in [0.25, 0.3) is 31.9 Å². The monoisotopic (exact) mass is 885 g/mol. The molecule has 0 unspecified atom stereocenters. The molecule has 4 aromatic heterocycles. The van der Waals surface area contributed by atoms with E-state index < -0.39 is 18.1 Å². The number of aryl methyl sites for hydroxylation is 2. The standard InChI is InChI=1S/C49H55N7O5S2/c1-27(2)42(47(60)56-21-34(57)18-38(56)45(59)51-29(4)31-10-12-32(13-11-31)44-30(5)50-26-62-44)40-20-41(54-61-40)49-22-48(23-49,24-49)25-55-16-14-33(15-17-55)43-28(3)36-19-37(52-53-46(36)63-43)35-8-6-7-9-39(35)58/h6-13,19-20,26-27,29,33-34,38,42,57-58H,14-18,21-25H2,1-5H3,(H,51,59)/t29-,34+,38-,42+,48?,49?/m0/s1. The van der Waals surface area contributed by atoms with Gasteiger partial charge in [-0.1, -0.05) is 55.4 Å². The zero-order chi connectivity index (χ0) is 43.8. The number of hydrogen-bond acceptors (Lipinski definition) is 12. The Morgan fingerprint density at radius 3 is 2.44 bits per heavy atom. The molecule has 2 saturated heterocycles. The number of likely N-dealkylation sites (tertiary alicyclic amines) is 2. The molecule has 14 heteroatoms. The summed E-state index contributed by atoms with van der Waals surface area (Å²) in [6.45, 7) is 13.5. The fraction of sp³-hybridized carbons (Fsp3) is 0.469. The summed E-state index contributed by atoms with van der Waals surface area (Å²) in [7, 11) is 0. The number of aliphatic hydroxyl groups excluding tert-OH is 1. The van der Waals surface area contributed by atoms with Crippen LogP contribution in [0.15, 0.2) is 70.7 Å². The predicted molar refractivity (Wildman–Crippen MR) is 245 cm³/mol. The second-order valence-electron chi connectivity index (χ2n) is 19.3. The van der Waals surface area contributed by atoms with Gasteiger partial charge in [0.15, 0.2) is 0 Å². The third-order valence-corrected chi connectivity index (χ3v) is 16.9. The van der Waals surface area contributed by atoms with E-state index in [1.165, 1.54) is 10.4 Å². The highest BCUT2D eigenvalue weighted by molar-refractivity contribution is 7.19. The highest BCUT2D eigenvalue weighted by atomic mass is 32.1. The number of β-amino-alcohol motifs (C(OH)–C–C–N with tert-alkyl or cyclic N) is 1. The van der Waals surface area contributed by atoms with Crippen molar-refractivity contribution in [3.63, 3.8) is 0 Å². The SMILES string of the molecule is Cc1ncsc1-c1ccc([C@H](C)NC(=O)[C@@H]2C[C@@H](O)CN2C(=O)[C@@H](c2cc(C34CC(CN5CCC(c6sc7nnc(-c8ccccc8O)cc7c6C)CC5)(C3)C4)no2)C(C)C)cc1. The third kappa shape index (κ3) is 7.56. The lowest BCUT2D eigenvalue weighted by atomic mass is 9.34. The minimum absolute atomic E-state index is 0.00461. The summed E-state index contributed by atoms with van der Waals surface area (Å²) in [6.07, 6.45) is 4.85. The number of carbonyl (C=O) groups is 2. The summed E-state index contributed by atoms with van der Waals surface area (Å²) in [5.41, 5.74) is 8.78. The van der Waals surface area contributed by atoms with E-state index in [-0.39, 0.29) is 47.9 Å². The van der Waals surface area contributed by atoms with Crippen LogP contribution in [-0.4, -0.2) is 90.5 Å². The van der Waals surface area contributed by atoms with Gasteiger partial charge >= 0.3 is 0 Å². The summed E-state index contributed by atoms with van der Waals surface area (Å²) in [6, 6.07) is 18.4. The van der Waals surface area contributed by atoms with E-state index >= 15 is 0 Å². The van der Waals surface area contributed by atoms with Gasteiger partial charge in [-0.15, -0.1) is 32.9 Å². The molecule has 328 valence electrons. The van der Waals surface area contributed by atoms with Gasteiger partial charge in [0.05, 0.1) is 39.6 Å². The first-order valence-corrected chi connectivity index (χ1v) is 24.0. The van der Waals surface area contributed by atoms with Crippen molar-refractivity contribution in [1.29, 1.82) is 0 Å². The number of hydrogen-bond donors (Lipinski definition) is 3. The number of aromatic nitrogens is 4. The Bertz CT molecular complexity index is 2660. The van der Waals surface area contributed by atoms with E-state index in [9.17, 15) is 19.8 Å². The van der Waals surface area contributed by atoms with Crippen LogP contribution in [-0.2, 0) is 15.0 Å². The molecule has 12 nitrogen and oxygen atoms in total. The molecule has 11 rings (SSSR count). The molecule has 2 aromatic carbocycles. The first-order chi connectivity index (χ1) is 30.3.